The summed E-state index contributed by atoms with van der Waals surface area (Å²) >= 11 is 3.11. The summed E-state index contributed by atoms with van der Waals surface area (Å²) in [6, 6.07) is 0. The highest BCUT2D eigenvalue weighted by Crippen LogP contribution is 2.25. The van der Waals surface area contributed by atoms with Crippen molar-refractivity contribution in [3.05, 3.63) is 32.2 Å². The Balaban J connectivity index is 2.10. The SMILES string of the molecule is Cc1nc(CC(O)c2scnc2C)cs1. The van der Waals surface area contributed by atoms with E-state index in [0.29, 0.717) is 6.42 Å². The quantitative estimate of drug-likeness (QED) is 0.896. The molecule has 0 aromatic carbocycles. The molecular weight excluding hydrogens is 228 g/mol. The molecule has 80 valence electrons. The number of aromatic nitrogens is 2. The molecule has 15 heavy (non-hydrogen) atoms. The van der Waals surface area contributed by atoms with Gasteiger partial charge in [0.05, 0.1) is 32.9 Å². The molecule has 0 saturated carbocycles. The highest BCUT2D eigenvalue weighted by molar-refractivity contribution is 7.10. The maximum Gasteiger partial charge on any atom is 0.0956 e. The predicted molar refractivity (Wildman–Crippen MR) is 62.4 cm³/mol. The summed E-state index contributed by atoms with van der Waals surface area (Å²) < 4.78 is 0. The fraction of sp³-hybridized carbons (Fsp3) is 0.400. The first-order valence-corrected chi connectivity index (χ1v) is 6.42. The van der Waals surface area contributed by atoms with E-state index in [-0.39, 0.29) is 0 Å². The third kappa shape index (κ3) is 2.42. The Morgan fingerprint density at radius 1 is 1.40 bits per heavy atom. The van der Waals surface area contributed by atoms with Crippen LogP contribution in [0.5, 0.6) is 0 Å². The molecule has 1 unspecified atom stereocenters. The van der Waals surface area contributed by atoms with Crippen molar-refractivity contribution >= 4 is 22.7 Å². The fourth-order valence-electron chi connectivity index (χ4n) is 1.42. The molecule has 2 aromatic rings. The van der Waals surface area contributed by atoms with Gasteiger partial charge in [0, 0.05) is 11.8 Å². The lowest BCUT2D eigenvalue weighted by molar-refractivity contribution is 0.180. The van der Waals surface area contributed by atoms with Gasteiger partial charge in [0.15, 0.2) is 0 Å². The molecule has 2 heterocycles. The molecule has 0 aliphatic rings. The number of aliphatic hydroxyl groups excluding tert-OH is 1. The van der Waals surface area contributed by atoms with Crippen LogP contribution in [0.3, 0.4) is 0 Å². The van der Waals surface area contributed by atoms with Crippen molar-refractivity contribution in [1.29, 1.82) is 0 Å². The third-order valence-electron chi connectivity index (χ3n) is 2.15. The standard InChI is InChI=1S/C10H12N2OS2/c1-6-10(15-5-11-6)9(13)3-8-4-14-7(2)12-8/h4-5,9,13H,3H2,1-2H3. The van der Waals surface area contributed by atoms with E-state index in [1.807, 2.05) is 19.2 Å². The van der Waals surface area contributed by atoms with Crippen LogP contribution in [-0.2, 0) is 6.42 Å². The van der Waals surface area contributed by atoms with Crippen LogP contribution in [0.4, 0.5) is 0 Å². The summed E-state index contributed by atoms with van der Waals surface area (Å²) in [5.74, 6) is 0. The highest BCUT2D eigenvalue weighted by Gasteiger charge is 2.14. The Kier molecular flexibility index (Phi) is 3.14. The van der Waals surface area contributed by atoms with E-state index in [1.54, 1.807) is 16.8 Å². The molecule has 3 nitrogen and oxygen atoms in total. The second-order valence-electron chi connectivity index (χ2n) is 3.38. The highest BCUT2D eigenvalue weighted by atomic mass is 32.1. The van der Waals surface area contributed by atoms with Gasteiger partial charge < -0.3 is 5.11 Å². The summed E-state index contributed by atoms with van der Waals surface area (Å²) in [4.78, 5) is 9.40. The van der Waals surface area contributed by atoms with E-state index in [2.05, 4.69) is 9.97 Å². The number of aliphatic hydroxyl groups is 1. The molecule has 0 fully saturated rings. The first-order valence-electron chi connectivity index (χ1n) is 4.66. The van der Waals surface area contributed by atoms with E-state index < -0.39 is 6.10 Å². The smallest absolute Gasteiger partial charge is 0.0956 e. The maximum atomic E-state index is 9.99. The summed E-state index contributed by atoms with van der Waals surface area (Å²) in [7, 11) is 0. The lowest BCUT2D eigenvalue weighted by atomic mass is 10.1. The molecule has 0 radical (unpaired) electrons. The van der Waals surface area contributed by atoms with Gasteiger partial charge in [-0.25, -0.2) is 9.97 Å². The van der Waals surface area contributed by atoms with Gasteiger partial charge in [-0.2, -0.15) is 0 Å². The summed E-state index contributed by atoms with van der Waals surface area (Å²) in [5, 5.41) is 13.0. The van der Waals surface area contributed by atoms with Gasteiger partial charge in [0.2, 0.25) is 0 Å². The zero-order valence-corrected chi connectivity index (χ0v) is 10.2. The van der Waals surface area contributed by atoms with Gasteiger partial charge in [0.1, 0.15) is 0 Å². The first kappa shape index (κ1) is 10.7. The Bertz CT molecular complexity index is 450. The van der Waals surface area contributed by atoms with Crippen LogP contribution in [0, 0.1) is 13.8 Å². The minimum atomic E-state index is -0.473. The van der Waals surface area contributed by atoms with Crippen LogP contribution in [0.1, 0.15) is 27.4 Å². The molecule has 5 heteroatoms. The van der Waals surface area contributed by atoms with E-state index in [1.165, 1.54) is 11.3 Å². The van der Waals surface area contributed by atoms with Crippen molar-refractivity contribution in [3.8, 4) is 0 Å². The fourth-order valence-corrected chi connectivity index (χ4v) is 2.84. The van der Waals surface area contributed by atoms with Crippen molar-refractivity contribution in [2.24, 2.45) is 0 Å². The molecular formula is C10H12N2OS2. The Labute approximate surface area is 96.5 Å². The second kappa shape index (κ2) is 4.38. The third-order valence-corrected chi connectivity index (χ3v) is 4.01. The molecule has 0 bridgehead atoms. The number of hydrogen-bond acceptors (Lipinski definition) is 5. The molecule has 0 amide bonds. The lowest BCUT2D eigenvalue weighted by Gasteiger charge is -2.06. The van der Waals surface area contributed by atoms with E-state index in [0.717, 1.165) is 21.3 Å². The van der Waals surface area contributed by atoms with Crippen molar-refractivity contribution in [1.82, 2.24) is 9.97 Å². The van der Waals surface area contributed by atoms with E-state index in [4.69, 9.17) is 0 Å². The largest absolute Gasteiger partial charge is 0.387 e. The van der Waals surface area contributed by atoms with Crippen LogP contribution in [-0.4, -0.2) is 15.1 Å². The van der Waals surface area contributed by atoms with Gasteiger partial charge in [-0.05, 0) is 13.8 Å². The number of rotatable bonds is 3. The van der Waals surface area contributed by atoms with Gasteiger partial charge in [-0.1, -0.05) is 0 Å². The van der Waals surface area contributed by atoms with Gasteiger partial charge in [-0.15, -0.1) is 22.7 Å². The normalized spacial score (nSPS) is 13.0. The van der Waals surface area contributed by atoms with Gasteiger partial charge in [-0.3, -0.25) is 0 Å². The summed E-state index contributed by atoms with van der Waals surface area (Å²) in [5.41, 5.74) is 3.64. The van der Waals surface area contributed by atoms with Gasteiger partial charge in [0.25, 0.3) is 0 Å². The Hall–Kier alpha value is -0.780. The molecule has 1 N–H and O–H groups in total. The number of hydrogen-bond donors (Lipinski definition) is 1. The zero-order valence-electron chi connectivity index (χ0n) is 8.60. The molecule has 2 aromatic heterocycles. The predicted octanol–water partition coefficient (Wildman–Crippen LogP) is 2.49. The van der Waals surface area contributed by atoms with Gasteiger partial charge >= 0.3 is 0 Å². The van der Waals surface area contributed by atoms with Crippen molar-refractivity contribution in [3.63, 3.8) is 0 Å². The van der Waals surface area contributed by atoms with Crippen LogP contribution in [0.15, 0.2) is 10.9 Å². The van der Waals surface area contributed by atoms with Crippen LogP contribution >= 0.6 is 22.7 Å². The molecule has 0 spiro atoms. The van der Waals surface area contributed by atoms with Crippen LogP contribution in [0.25, 0.3) is 0 Å². The topological polar surface area (TPSA) is 46.0 Å². The molecule has 0 aliphatic carbocycles. The average Bonchev–Trinajstić information content (AvgIpc) is 2.75. The van der Waals surface area contributed by atoms with Crippen molar-refractivity contribution in [2.45, 2.75) is 26.4 Å². The maximum absolute atomic E-state index is 9.99. The molecule has 0 saturated heterocycles. The molecule has 0 aliphatic heterocycles. The minimum absolute atomic E-state index is 0.473. The monoisotopic (exact) mass is 240 g/mol. The number of thiazole rings is 2. The first-order chi connectivity index (χ1) is 7.16. The Morgan fingerprint density at radius 2 is 2.20 bits per heavy atom. The Morgan fingerprint density at radius 3 is 2.73 bits per heavy atom. The number of nitrogens with zero attached hydrogens (tertiary/aromatic N) is 2. The number of aryl methyl sites for hydroxylation is 2. The molecule has 1 atom stereocenters. The molecule has 2 rings (SSSR count). The summed E-state index contributed by atoms with van der Waals surface area (Å²) in [6.07, 6.45) is 0.104. The average molecular weight is 240 g/mol. The van der Waals surface area contributed by atoms with E-state index in [9.17, 15) is 5.11 Å². The van der Waals surface area contributed by atoms with Crippen molar-refractivity contribution < 1.29 is 5.11 Å². The van der Waals surface area contributed by atoms with Crippen LogP contribution in [0.2, 0.25) is 0 Å². The van der Waals surface area contributed by atoms with Crippen LogP contribution < -0.4 is 0 Å². The van der Waals surface area contributed by atoms with Crippen molar-refractivity contribution in [2.75, 3.05) is 0 Å². The lowest BCUT2D eigenvalue weighted by Crippen LogP contribution is -2.01. The second-order valence-corrected chi connectivity index (χ2v) is 5.33. The van der Waals surface area contributed by atoms with E-state index >= 15 is 0 Å². The zero-order chi connectivity index (χ0) is 10.8. The summed E-state index contributed by atoms with van der Waals surface area (Å²) in [6.45, 7) is 3.89. The minimum Gasteiger partial charge on any atom is -0.387 e.